The number of amides is 1. The summed E-state index contributed by atoms with van der Waals surface area (Å²) in [5.41, 5.74) is 17.3. The molecule has 3 N–H and O–H groups in total. The molecule has 0 spiro atoms. The Bertz CT molecular complexity index is 1690. The molecule has 11 heteroatoms. The summed E-state index contributed by atoms with van der Waals surface area (Å²) >= 11 is 0. The van der Waals surface area contributed by atoms with Crippen LogP contribution in [0.5, 0.6) is 11.5 Å². The molecule has 0 bridgehead atoms. The molecule has 0 aromatic heterocycles. The van der Waals surface area contributed by atoms with Crippen LogP contribution in [0.25, 0.3) is 10.4 Å². The molecule has 1 aliphatic rings. The number of ether oxygens (including phenoxy) is 3. The number of methoxy groups -OCH3 is 1. The Morgan fingerprint density at radius 1 is 1.00 bits per heavy atom. The second-order valence-corrected chi connectivity index (χ2v) is 10.7. The number of hydrazine groups is 1. The van der Waals surface area contributed by atoms with Crippen molar-refractivity contribution in [3.63, 3.8) is 0 Å². The van der Waals surface area contributed by atoms with Crippen molar-refractivity contribution in [1.29, 1.82) is 0 Å². The quantitative estimate of drug-likeness (QED) is 0.0506. The SMILES string of the molecule is COc1cccc(CCNNC(=O)[C@@]2(Cc3ccccc3)N=C(c3ccc(OCCCO)cc3)O[C@H]2c2ccccc2N=[N+]=[N-])c1. The summed E-state index contributed by atoms with van der Waals surface area (Å²) in [5.74, 6) is 1.26. The van der Waals surface area contributed by atoms with Crippen LogP contribution in [-0.2, 0) is 22.4 Å². The average molecular weight is 621 g/mol. The van der Waals surface area contributed by atoms with Gasteiger partial charge in [0.05, 0.1) is 13.7 Å². The highest BCUT2D eigenvalue weighted by Crippen LogP contribution is 2.45. The van der Waals surface area contributed by atoms with Crippen molar-refractivity contribution >= 4 is 17.5 Å². The smallest absolute Gasteiger partial charge is 0.266 e. The van der Waals surface area contributed by atoms with Gasteiger partial charge < -0.3 is 19.3 Å². The molecule has 0 radical (unpaired) electrons. The molecule has 1 aliphatic heterocycles. The maximum absolute atomic E-state index is 14.4. The van der Waals surface area contributed by atoms with Crippen molar-refractivity contribution in [1.82, 2.24) is 10.9 Å². The Morgan fingerprint density at radius 3 is 2.52 bits per heavy atom. The normalized spacial score (nSPS) is 16.9. The minimum absolute atomic E-state index is 0.0445. The first-order chi connectivity index (χ1) is 22.6. The van der Waals surface area contributed by atoms with Crippen molar-refractivity contribution in [3.8, 4) is 11.5 Å². The number of benzene rings is 4. The zero-order chi connectivity index (χ0) is 32.2. The first kappa shape index (κ1) is 32.1. The second-order valence-electron chi connectivity index (χ2n) is 10.7. The first-order valence-electron chi connectivity index (χ1n) is 15.0. The van der Waals surface area contributed by atoms with Crippen molar-refractivity contribution in [2.24, 2.45) is 10.1 Å². The summed E-state index contributed by atoms with van der Waals surface area (Å²) in [6.07, 6.45) is 0.446. The van der Waals surface area contributed by atoms with Crippen LogP contribution in [-0.4, -0.2) is 49.3 Å². The summed E-state index contributed by atoms with van der Waals surface area (Å²) in [7, 11) is 1.63. The van der Waals surface area contributed by atoms with Crippen LogP contribution in [0.3, 0.4) is 0 Å². The average Bonchev–Trinajstić information content (AvgIpc) is 3.48. The van der Waals surface area contributed by atoms with E-state index in [1.54, 1.807) is 37.4 Å². The van der Waals surface area contributed by atoms with Crippen LogP contribution in [0.15, 0.2) is 113 Å². The van der Waals surface area contributed by atoms with E-state index < -0.39 is 17.6 Å². The van der Waals surface area contributed by atoms with E-state index >= 15 is 0 Å². The Balaban J connectivity index is 1.49. The third-order valence-electron chi connectivity index (χ3n) is 7.59. The van der Waals surface area contributed by atoms with Gasteiger partial charge in [0.1, 0.15) is 11.5 Å². The molecule has 4 aromatic rings. The van der Waals surface area contributed by atoms with Gasteiger partial charge in [-0.2, -0.15) is 0 Å². The number of hydrogen-bond acceptors (Lipinski definition) is 8. The second kappa shape index (κ2) is 15.6. The zero-order valence-corrected chi connectivity index (χ0v) is 25.5. The lowest BCUT2D eigenvalue weighted by Gasteiger charge is -2.31. The van der Waals surface area contributed by atoms with E-state index in [1.165, 1.54) is 0 Å². The van der Waals surface area contributed by atoms with E-state index in [4.69, 9.17) is 24.3 Å². The van der Waals surface area contributed by atoms with Gasteiger partial charge >= 0.3 is 0 Å². The molecular weight excluding hydrogens is 584 g/mol. The predicted octanol–water partition coefficient (Wildman–Crippen LogP) is 5.76. The van der Waals surface area contributed by atoms with E-state index in [-0.39, 0.29) is 18.9 Å². The molecule has 1 heterocycles. The van der Waals surface area contributed by atoms with E-state index in [0.717, 1.165) is 16.9 Å². The molecule has 236 valence electrons. The van der Waals surface area contributed by atoms with Crippen LogP contribution < -0.4 is 20.3 Å². The predicted molar refractivity (Wildman–Crippen MR) is 175 cm³/mol. The Morgan fingerprint density at radius 2 is 1.76 bits per heavy atom. The number of nitrogens with one attached hydrogen (secondary N) is 2. The summed E-state index contributed by atoms with van der Waals surface area (Å²) < 4.78 is 17.6. The largest absolute Gasteiger partial charge is 0.497 e. The van der Waals surface area contributed by atoms with E-state index in [1.807, 2.05) is 72.8 Å². The van der Waals surface area contributed by atoms with Gasteiger partial charge in [0, 0.05) is 47.7 Å². The fourth-order valence-electron chi connectivity index (χ4n) is 5.30. The number of carbonyl (C=O) groups excluding carboxylic acids is 1. The lowest BCUT2D eigenvalue weighted by Crippen LogP contribution is -2.54. The molecular formula is C35H36N6O5. The Hall–Kier alpha value is -5.35. The van der Waals surface area contributed by atoms with Crippen LogP contribution in [0.2, 0.25) is 0 Å². The number of azide groups is 1. The topological polar surface area (TPSA) is 150 Å². The number of rotatable bonds is 15. The minimum atomic E-state index is -1.48. The third-order valence-corrected chi connectivity index (χ3v) is 7.59. The maximum atomic E-state index is 14.4. The molecule has 46 heavy (non-hydrogen) atoms. The number of carbonyl (C=O) groups is 1. The first-order valence-corrected chi connectivity index (χ1v) is 15.0. The maximum Gasteiger partial charge on any atom is 0.266 e. The molecule has 5 rings (SSSR count). The fraction of sp³-hybridized carbons (Fsp3) is 0.257. The van der Waals surface area contributed by atoms with Crippen LogP contribution in [0.1, 0.15) is 34.8 Å². The van der Waals surface area contributed by atoms with E-state index in [2.05, 4.69) is 20.9 Å². The Kier molecular flexibility index (Phi) is 10.9. The standard InChI is InChI=1S/C35H36N6O5/c1-44-29-12-7-11-25(23-29)19-20-37-40-34(43)35(24-26-9-3-2-4-10-26)32(30-13-5-6-14-31(30)39-41-36)46-33(38-35)27-15-17-28(18-16-27)45-22-8-21-42/h2-7,9-18,23,32,37,42H,8,19-22,24H2,1H3,(H,40,43)/t32-,35-/m0/s1. The molecule has 0 aliphatic carbocycles. The summed E-state index contributed by atoms with van der Waals surface area (Å²) in [4.78, 5) is 22.4. The molecule has 0 unspecified atom stereocenters. The van der Waals surface area contributed by atoms with Gasteiger partial charge in [-0.25, -0.2) is 10.4 Å². The van der Waals surface area contributed by atoms with E-state index in [9.17, 15) is 10.3 Å². The number of aliphatic imine (C=N–C) groups is 1. The number of aliphatic hydroxyl groups excluding tert-OH is 1. The van der Waals surface area contributed by atoms with Gasteiger partial charge in [-0.3, -0.25) is 10.2 Å². The number of hydrogen-bond donors (Lipinski definition) is 3. The molecule has 0 saturated carbocycles. The molecule has 0 fully saturated rings. The van der Waals surface area contributed by atoms with E-state index in [0.29, 0.717) is 48.6 Å². The summed E-state index contributed by atoms with van der Waals surface area (Å²) in [6, 6.07) is 31.6. The monoisotopic (exact) mass is 620 g/mol. The van der Waals surface area contributed by atoms with Gasteiger partial charge in [0.15, 0.2) is 11.6 Å². The highest BCUT2D eigenvalue weighted by atomic mass is 16.5. The highest BCUT2D eigenvalue weighted by Gasteiger charge is 2.54. The van der Waals surface area contributed by atoms with Crippen LogP contribution >= 0.6 is 0 Å². The van der Waals surface area contributed by atoms with Crippen molar-refractivity contribution < 1.29 is 24.1 Å². The van der Waals surface area contributed by atoms with Gasteiger partial charge in [0.25, 0.3) is 5.91 Å². The number of nitrogens with zero attached hydrogens (tertiary/aromatic N) is 4. The summed E-state index contributed by atoms with van der Waals surface area (Å²) in [5, 5.41) is 13.0. The van der Waals surface area contributed by atoms with Gasteiger partial charge in [-0.1, -0.05) is 71.8 Å². The minimum Gasteiger partial charge on any atom is -0.497 e. The molecule has 1 amide bonds. The Labute approximate surface area is 267 Å². The summed E-state index contributed by atoms with van der Waals surface area (Å²) in [6.45, 7) is 0.884. The van der Waals surface area contributed by atoms with Crippen molar-refractivity contribution in [3.05, 3.63) is 136 Å². The zero-order valence-electron chi connectivity index (χ0n) is 25.5. The van der Waals surface area contributed by atoms with Gasteiger partial charge in [-0.05, 0) is 59.5 Å². The van der Waals surface area contributed by atoms with Crippen LogP contribution in [0, 0.1) is 0 Å². The molecule has 2 atom stereocenters. The fourth-order valence-corrected chi connectivity index (χ4v) is 5.30. The highest BCUT2D eigenvalue weighted by molar-refractivity contribution is 6.01. The van der Waals surface area contributed by atoms with Crippen LogP contribution in [0.4, 0.5) is 5.69 Å². The van der Waals surface area contributed by atoms with Gasteiger partial charge in [-0.15, -0.1) is 0 Å². The third kappa shape index (κ3) is 7.65. The lowest BCUT2D eigenvalue weighted by atomic mass is 9.81. The molecule has 0 saturated heterocycles. The van der Waals surface area contributed by atoms with Crippen molar-refractivity contribution in [2.75, 3.05) is 26.9 Å². The molecule has 11 nitrogen and oxygen atoms in total. The molecule has 4 aromatic carbocycles. The van der Waals surface area contributed by atoms with Gasteiger partial charge in [0.2, 0.25) is 5.90 Å². The number of aliphatic hydroxyl groups is 1. The van der Waals surface area contributed by atoms with Crippen molar-refractivity contribution in [2.45, 2.75) is 30.9 Å². The lowest BCUT2D eigenvalue weighted by molar-refractivity contribution is -0.130.